The predicted octanol–water partition coefficient (Wildman–Crippen LogP) is 5.43. The topological polar surface area (TPSA) is 100 Å². The first-order valence-corrected chi connectivity index (χ1v) is 13.4. The Labute approximate surface area is 226 Å². The zero-order chi connectivity index (χ0) is 27.8. The molecule has 0 radical (unpaired) electrons. The number of Topliss-reactive ketones (excluding diaryl/α,β-unsaturated/α-hetero) is 1. The number of hydrogen-bond donors (Lipinski definition) is 1. The quantitative estimate of drug-likeness (QED) is 0.308. The van der Waals surface area contributed by atoms with Gasteiger partial charge in [0.2, 0.25) is 6.29 Å². The lowest BCUT2D eigenvalue weighted by atomic mass is 9.78. The summed E-state index contributed by atoms with van der Waals surface area (Å²) in [5.41, 5.74) is 8.58. The maximum Gasteiger partial charge on any atom is 0.411 e. The molecule has 1 amide bonds. The van der Waals surface area contributed by atoms with E-state index < -0.39 is 18.5 Å². The first kappa shape index (κ1) is 29.5. The van der Waals surface area contributed by atoms with Crippen molar-refractivity contribution in [2.45, 2.75) is 73.1 Å². The van der Waals surface area contributed by atoms with Crippen molar-refractivity contribution in [3.05, 3.63) is 59.7 Å². The Morgan fingerprint density at radius 2 is 1.74 bits per heavy atom. The smallest absolute Gasteiger partial charge is 0.411 e. The van der Waals surface area contributed by atoms with E-state index in [0.29, 0.717) is 18.0 Å². The van der Waals surface area contributed by atoms with Gasteiger partial charge < -0.3 is 24.7 Å². The van der Waals surface area contributed by atoms with Crippen LogP contribution in [0.1, 0.15) is 52.7 Å². The largest absolute Gasteiger partial charge is 0.462 e. The fraction of sp³-hybridized carbons (Fsp3) is 0.533. The molecule has 2 aromatic rings. The van der Waals surface area contributed by atoms with Gasteiger partial charge in [-0.1, -0.05) is 57.2 Å². The normalized spacial score (nSPS) is 23.9. The van der Waals surface area contributed by atoms with Gasteiger partial charge in [-0.3, -0.25) is 9.69 Å². The van der Waals surface area contributed by atoms with Crippen LogP contribution in [0.25, 0.3) is 0 Å². The molecule has 38 heavy (non-hydrogen) atoms. The molecule has 8 heteroatoms. The molecule has 1 saturated heterocycles. The number of benzene rings is 2. The summed E-state index contributed by atoms with van der Waals surface area (Å²) in [4.78, 5) is 26.2. The number of carbonyl (C=O) groups excluding carboxylic acids is 2. The van der Waals surface area contributed by atoms with Crippen molar-refractivity contribution < 1.29 is 28.5 Å². The number of hydrogen-bond acceptors (Lipinski definition) is 7. The number of rotatable bonds is 11. The van der Waals surface area contributed by atoms with E-state index in [1.165, 1.54) is 10.5 Å². The zero-order valence-corrected chi connectivity index (χ0v) is 23.4. The van der Waals surface area contributed by atoms with Gasteiger partial charge in [0.25, 0.3) is 0 Å². The second kappa shape index (κ2) is 13.6. The summed E-state index contributed by atoms with van der Waals surface area (Å²) in [6.07, 6.45) is -0.819. The minimum atomic E-state index is -0.580. The summed E-state index contributed by atoms with van der Waals surface area (Å²) < 4.78 is 23.5. The van der Waals surface area contributed by atoms with E-state index >= 15 is 0 Å². The molecule has 1 heterocycles. The lowest BCUT2D eigenvalue weighted by molar-refractivity contribution is -0.209. The van der Waals surface area contributed by atoms with Gasteiger partial charge in [-0.25, -0.2) is 4.79 Å². The molecule has 2 N–H and O–H groups in total. The van der Waals surface area contributed by atoms with E-state index in [4.69, 9.17) is 24.7 Å². The van der Waals surface area contributed by atoms with Crippen LogP contribution in [-0.2, 0) is 32.0 Å². The van der Waals surface area contributed by atoms with E-state index in [2.05, 4.69) is 26.0 Å². The van der Waals surface area contributed by atoms with Gasteiger partial charge in [0, 0.05) is 12.5 Å². The van der Waals surface area contributed by atoms with Crippen LogP contribution in [-0.4, -0.2) is 48.5 Å². The fourth-order valence-electron chi connectivity index (χ4n) is 4.65. The summed E-state index contributed by atoms with van der Waals surface area (Å²) in [5, 5.41) is 0. The van der Waals surface area contributed by atoms with E-state index in [-0.39, 0.29) is 43.0 Å². The molecule has 1 fully saturated rings. The van der Waals surface area contributed by atoms with Crippen LogP contribution in [0.5, 0.6) is 5.75 Å². The van der Waals surface area contributed by atoms with Gasteiger partial charge in [0.05, 0.1) is 11.8 Å². The molecule has 3 rings (SSSR count). The molecule has 8 nitrogen and oxygen atoms in total. The van der Waals surface area contributed by atoms with Crippen LogP contribution in [0, 0.1) is 17.8 Å². The van der Waals surface area contributed by atoms with Crippen molar-refractivity contribution in [2.75, 3.05) is 19.0 Å². The average molecular weight is 527 g/mol. The Hall–Kier alpha value is -3.10. The third-order valence-electron chi connectivity index (χ3n) is 7.45. The predicted molar refractivity (Wildman–Crippen MR) is 146 cm³/mol. The zero-order valence-electron chi connectivity index (χ0n) is 23.4. The SMILES string of the molecule is CCN(COC(C)Cc1ccccc1)C(=O)OCc1ccc(OC2OC(C(C)=O)C(C)[C@H](C)[C@@H]2C)c(N)c1. The molecule has 4 unspecified atom stereocenters. The fourth-order valence-corrected chi connectivity index (χ4v) is 4.65. The summed E-state index contributed by atoms with van der Waals surface area (Å²) in [5.74, 6) is 0.897. The van der Waals surface area contributed by atoms with Gasteiger partial charge in [-0.05, 0) is 62.3 Å². The second-order valence-electron chi connectivity index (χ2n) is 10.3. The molecular formula is C30H42N2O6. The number of amides is 1. The lowest BCUT2D eigenvalue weighted by Crippen LogP contribution is -2.49. The maximum atomic E-state index is 12.6. The molecule has 208 valence electrons. The third-order valence-corrected chi connectivity index (χ3v) is 7.45. The highest BCUT2D eigenvalue weighted by Crippen LogP contribution is 2.37. The highest BCUT2D eigenvalue weighted by atomic mass is 16.7. The van der Waals surface area contributed by atoms with Crippen molar-refractivity contribution >= 4 is 17.6 Å². The molecule has 0 bridgehead atoms. The van der Waals surface area contributed by atoms with Crippen LogP contribution in [0.3, 0.4) is 0 Å². The Bertz CT molecular complexity index is 1060. The van der Waals surface area contributed by atoms with E-state index in [1.54, 1.807) is 25.1 Å². The van der Waals surface area contributed by atoms with Gasteiger partial charge in [0.1, 0.15) is 25.2 Å². The Kier molecular flexibility index (Phi) is 10.6. The number of ether oxygens (including phenoxy) is 4. The van der Waals surface area contributed by atoms with Crippen molar-refractivity contribution in [3.8, 4) is 5.75 Å². The van der Waals surface area contributed by atoms with Crippen LogP contribution in [0.2, 0.25) is 0 Å². The highest BCUT2D eigenvalue weighted by Gasteiger charge is 2.42. The highest BCUT2D eigenvalue weighted by molar-refractivity contribution is 5.80. The summed E-state index contributed by atoms with van der Waals surface area (Å²) in [6.45, 7) is 12.3. The number of ketones is 1. The number of nitrogens with zero attached hydrogens (tertiary/aromatic N) is 1. The number of nitrogens with two attached hydrogens (primary N) is 1. The van der Waals surface area contributed by atoms with E-state index in [0.717, 1.165) is 12.0 Å². The van der Waals surface area contributed by atoms with E-state index in [1.807, 2.05) is 39.0 Å². The van der Waals surface area contributed by atoms with Gasteiger partial charge >= 0.3 is 6.09 Å². The van der Waals surface area contributed by atoms with Crippen molar-refractivity contribution in [2.24, 2.45) is 17.8 Å². The number of carbonyl (C=O) groups is 2. The number of anilines is 1. The first-order chi connectivity index (χ1) is 18.1. The molecule has 1 aliphatic heterocycles. The molecule has 0 aliphatic carbocycles. The number of nitrogen functional groups attached to an aromatic ring is 1. The van der Waals surface area contributed by atoms with Crippen LogP contribution >= 0.6 is 0 Å². The van der Waals surface area contributed by atoms with Crippen LogP contribution < -0.4 is 10.5 Å². The summed E-state index contributed by atoms with van der Waals surface area (Å²) in [7, 11) is 0. The lowest BCUT2D eigenvalue weighted by Gasteiger charge is -2.42. The standard InChI is InChI=1S/C30H42N2O6/c1-7-32(18-36-19(2)15-24-11-9-8-10-12-24)30(34)35-17-25-13-14-27(26(31)16-25)37-29-22(5)20(3)21(4)28(38-29)23(6)33/h8-14,16,19-22,28-29H,7,15,17-18,31H2,1-6H3/t19?,20-,21?,22-,28?,29?/m0/s1. The third kappa shape index (κ3) is 7.71. The Morgan fingerprint density at radius 1 is 1.03 bits per heavy atom. The molecule has 0 aromatic heterocycles. The molecular weight excluding hydrogens is 484 g/mol. The Morgan fingerprint density at radius 3 is 2.37 bits per heavy atom. The van der Waals surface area contributed by atoms with Gasteiger partial charge in [-0.15, -0.1) is 0 Å². The molecule has 6 atom stereocenters. The van der Waals surface area contributed by atoms with Crippen LogP contribution in [0.4, 0.5) is 10.5 Å². The molecule has 1 aliphatic rings. The monoisotopic (exact) mass is 526 g/mol. The second-order valence-corrected chi connectivity index (χ2v) is 10.3. The average Bonchev–Trinajstić information content (AvgIpc) is 2.89. The maximum absolute atomic E-state index is 12.6. The summed E-state index contributed by atoms with van der Waals surface area (Å²) in [6, 6.07) is 15.4. The minimum Gasteiger partial charge on any atom is -0.462 e. The minimum absolute atomic E-state index is 0.00726. The Balaban J connectivity index is 1.51. The van der Waals surface area contributed by atoms with Crippen LogP contribution in [0.15, 0.2) is 48.5 Å². The first-order valence-electron chi connectivity index (χ1n) is 13.4. The molecule has 2 aromatic carbocycles. The van der Waals surface area contributed by atoms with Crippen molar-refractivity contribution in [3.63, 3.8) is 0 Å². The van der Waals surface area contributed by atoms with Crippen molar-refractivity contribution in [1.29, 1.82) is 0 Å². The van der Waals surface area contributed by atoms with Gasteiger partial charge in [0.15, 0.2) is 5.78 Å². The van der Waals surface area contributed by atoms with E-state index in [9.17, 15) is 9.59 Å². The summed E-state index contributed by atoms with van der Waals surface area (Å²) >= 11 is 0. The van der Waals surface area contributed by atoms with Gasteiger partial charge in [-0.2, -0.15) is 0 Å². The molecule has 0 spiro atoms. The van der Waals surface area contributed by atoms with Crippen molar-refractivity contribution in [1.82, 2.24) is 4.90 Å². The molecule has 0 saturated carbocycles.